The lowest BCUT2D eigenvalue weighted by Crippen LogP contribution is -2.28. The van der Waals surface area contributed by atoms with Crippen molar-refractivity contribution in [1.29, 1.82) is 0 Å². The lowest BCUT2D eigenvalue weighted by Gasteiger charge is -2.22. The maximum Gasteiger partial charge on any atom is 0.347 e. The van der Waals surface area contributed by atoms with Gasteiger partial charge in [0, 0.05) is 13.1 Å². The molecule has 0 radical (unpaired) electrons. The molecule has 1 aliphatic carbocycles. The first kappa shape index (κ1) is 9.30. The number of aromatic nitrogens is 3. The molecular weight excluding hydrogens is 180 g/mol. The SMILES string of the molecule is Cn1nc(N)n(C2CCCCC2)c1=O. The van der Waals surface area contributed by atoms with Gasteiger partial charge in [-0.15, -0.1) is 5.10 Å². The zero-order valence-electron chi connectivity index (χ0n) is 8.44. The van der Waals surface area contributed by atoms with Gasteiger partial charge in [0.1, 0.15) is 0 Å². The Bertz CT molecular complexity index is 373. The molecule has 0 aromatic carbocycles. The van der Waals surface area contributed by atoms with Crippen molar-refractivity contribution < 1.29 is 0 Å². The highest BCUT2D eigenvalue weighted by Gasteiger charge is 2.20. The first-order valence-electron chi connectivity index (χ1n) is 5.11. The zero-order chi connectivity index (χ0) is 10.1. The van der Waals surface area contributed by atoms with Gasteiger partial charge in [-0.3, -0.25) is 4.57 Å². The number of nitrogens with two attached hydrogens (primary N) is 1. The van der Waals surface area contributed by atoms with E-state index >= 15 is 0 Å². The fourth-order valence-corrected chi connectivity index (χ4v) is 2.18. The lowest BCUT2D eigenvalue weighted by atomic mass is 9.95. The van der Waals surface area contributed by atoms with E-state index in [9.17, 15) is 4.79 Å². The summed E-state index contributed by atoms with van der Waals surface area (Å²) in [7, 11) is 1.64. The van der Waals surface area contributed by atoms with E-state index < -0.39 is 0 Å². The number of nitrogen functional groups attached to an aromatic ring is 1. The largest absolute Gasteiger partial charge is 0.368 e. The van der Waals surface area contributed by atoms with Gasteiger partial charge in [-0.2, -0.15) is 0 Å². The Hall–Kier alpha value is -1.26. The third-order valence-corrected chi connectivity index (χ3v) is 2.92. The quantitative estimate of drug-likeness (QED) is 0.718. The Morgan fingerprint density at radius 2 is 2.00 bits per heavy atom. The molecule has 5 heteroatoms. The van der Waals surface area contributed by atoms with Crippen LogP contribution in [0.1, 0.15) is 38.1 Å². The molecule has 2 rings (SSSR count). The average Bonchev–Trinajstić information content (AvgIpc) is 2.43. The summed E-state index contributed by atoms with van der Waals surface area (Å²) >= 11 is 0. The molecule has 0 bridgehead atoms. The lowest BCUT2D eigenvalue weighted by molar-refractivity contribution is 0.348. The fraction of sp³-hybridized carbons (Fsp3) is 0.778. The van der Waals surface area contributed by atoms with Crippen molar-refractivity contribution in [3.63, 3.8) is 0 Å². The van der Waals surface area contributed by atoms with Gasteiger partial charge in [0.05, 0.1) is 0 Å². The predicted molar refractivity (Wildman–Crippen MR) is 54.0 cm³/mol. The molecule has 0 spiro atoms. The van der Waals surface area contributed by atoms with Crippen LogP contribution in [0.25, 0.3) is 0 Å². The molecule has 1 aliphatic rings. The molecule has 2 N–H and O–H groups in total. The van der Waals surface area contributed by atoms with E-state index in [1.54, 1.807) is 11.6 Å². The van der Waals surface area contributed by atoms with Crippen molar-refractivity contribution in [3.8, 4) is 0 Å². The minimum Gasteiger partial charge on any atom is -0.368 e. The van der Waals surface area contributed by atoms with Crippen LogP contribution >= 0.6 is 0 Å². The number of anilines is 1. The van der Waals surface area contributed by atoms with Crippen molar-refractivity contribution in [1.82, 2.24) is 14.3 Å². The number of hydrogen-bond acceptors (Lipinski definition) is 3. The number of nitrogens with zero attached hydrogens (tertiary/aromatic N) is 3. The molecule has 0 saturated heterocycles. The summed E-state index contributed by atoms with van der Waals surface area (Å²) in [5.74, 6) is 0.351. The first-order chi connectivity index (χ1) is 6.70. The molecule has 14 heavy (non-hydrogen) atoms. The topological polar surface area (TPSA) is 65.8 Å². The summed E-state index contributed by atoms with van der Waals surface area (Å²) in [5, 5.41) is 3.93. The molecular formula is C9H16N4O. The zero-order valence-corrected chi connectivity index (χ0v) is 8.44. The van der Waals surface area contributed by atoms with E-state index in [0.717, 1.165) is 12.8 Å². The van der Waals surface area contributed by atoms with Gasteiger partial charge in [0.2, 0.25) is 5.95 Å². The third-order valence-electron chi connectivity index (χ3n) is 2.92. The third kappa shape index (κ3) is 1.42. The Morgan fingerprint density at radius 3 is 2.50 bits per heavy atom. The van der Waals surface area contributed by atoms with E-state index in [-0.39, 0.29) is 11.7 Å². The van der Waals surface area contributed by atoms with E-state index in [4.69, 9.17) is 5.73 Å². The monoisotopic (exact) mass is 196 g/mol. The van der Waals surface area contributed by atoms with Crippen molar-refractivity contribution in [2.45, 2.75) is 38.1 Å². The van der Waals surface area contributed by atoms with E-state index in [1.165, 1.54) is 23.9 Å². The van der Waals surface area contributed by atoms with Crippen LogP contribution in [0.2, 0.25) is 0 Å². The minimum absolute atomic E-state index is 0.0885. The van der Waals surface area contributed by atoms with E-state index in [0.29, 0.717) is 5.95 Å². The molecule has 5 nitrogen and oxygen atoms in total. The first-order valence-corrected chi connectivity index (χ1v) is 5.11. The van der Waals surface area contributed by atoms with Crippen molar-refractivity contribution in [2.24, 2.45) is 7.05 Å². The molecule has 1 aromatic heterocycles. The Balaban J connectivity index is 2.34. The van der Waals surface area contributed by atoms with Crippen molar-refractivity contribution >= 4 is 5.95 Å². The second-order valence-electron chi connectivity index (χ2n) is 3.93. The summed E-state index contributed by atoms with van der Waals surface area (Å²) in [6.07, 6.45) is 5.74. The van der Waals surface area contributed by atoms with E-state index in [2.05, 4.69) is 5.10 Å². The highest BCUT2D eigenvalue weighted by atomic mass is 16.2. The summed E-state index contributed by atoms with van der Waals surface area (Å²) in [5.41, 5.74) is 5.62. The summed E-state index contributed by atoms with van der Waals surface area (Å²) in [4.78, 5) is 11.7. The van der Waals surface area contributed by atoms with Crippen molar-refractivity contribution in [2.75, 3.05) is 5.73 Å². The maximum absolute atomic E-state index is 11.7. The molecule has 0 atom stereocenters. The number of hydrogen-bond donors (Lipinski definition) is 1. The van der Waals surface area contributed by atoms with Crippen LogP contribution in [-0.2, 0) is 7.05 Å². The molecule has 78 valence electrons. The van der Waals surface area contributed by atoms with Crippen LogP contribution in [0, 0.1) is 0 Å². The number of aryl methyl sites for hydroxylation is 1. The standard InChI is InChI=1S/C9H16N4O/c1-12-9(14)13(8(10)11-12)7-5-3-2-4-6-7/h7H,2-6H2,1H3,(H2,10,11). The highest BCUT2D eigenvalue weighted by molar-refractivity contribution is 5.15. The normalized spacial score (nSPS) is 18.6. The van der Waals surface area contributed by atoms with Gasteiger partial charge in [-0.1, -0.05) is 19.3 Å². The highest BCUT2D eigenvalue weighted by Crippen LogP contribution is 2.27. The minimum atomic E-state index is -0.0885. The Labute approximate surface area is 82.5 Å². The molecule has 1 saturated carbocycles. The van der Waals surface area contributed by atoms with Gasteiger partial charge in [0.15, 0.2) is 0 Å². The van der Waals surface area contributed by atoms with Crippen LogP contribution in [0.15, 0.2) is 4.79 Å². The van der Waals surface area contributed by atoms with Gasteiger partial charge in [-0.05, 0) is 12.8 Å². The molecule has 0 aliphatic heterocycles. The Morgan fingerprint density at radius 1 is 1.36 bits per heavy atom. The van der Waals surface area contributed by atoms with Crippen LogP contribution in [0.4, 0.5) is 5.95 Å². The molecule has 1 aromatic rings. The number of rotatable bonds is 1. The molecule has 0 unspecified atom stereocenters. The van der Waals surface area contributed by atoms with E-state index in [1.807, 2.05) is 0 Å². The summed E-state index contributed by atoms with van der Waals surface area (Å²) in [6, 6.07) is 0.268. The van der Waals surface area contributed by atoms with Crippen LogP contribution in [0.5, 0.6) is 0 Å². The second-order valence-corrected chi connectivity index (χ2v) is 3.93. The second kappa shape index (κ2) is 3.48. The van der Waals surface area contributed by atoms with Gasteiger partial charge in [0.25, 0.3) is 0 Å². The smallest absolute Gasteiger partial charge is 0.347 e. The van der Waals surface area contributed by atoms with Crippen molar-refractivity contribution in [3.05, 3.63) is 10.5 Å². The Kier molecular flexibility index (Phi) is 2.31. The fourth-order valence-electron chi connectivity index (χ4n) is 2.18. The summed E-state index contributed by atoms with van der Waals surface area (Å²) < 4.78 is 2.95. The summed E-state index contributed by atoms with van der Waals surface area (Å²) in [6.45, 7) is 0. The van der Waals surface area contributed by atoms with Crippen LogP contribution < -0.4 is 11.4 Å². The maximum atomic E-state index is 11.7. The molecule has 0 amide bonds. The molecule has 1 fully saturated rings. The van der Waals surface area contributed by atoms with Gasteiger partial charge in [-0.25, -0.2) is 9.48 Å². The predicted octanol–water partition coefficient (Wildman–Crippen LogP) is 0.669. The van der Waals surface area contributed by atoms with Gasteiger partial charge >= 0.3 is 5.69 Å². The van der Waals surface area contributed by atoms with Crippen LogP contribution in [0.3, 0.4) is 0 Å². The molecule has 1 heterocycles. The van der Waals surface area contributed by atoms with Gasteiger partial charge < -0.3 is 5.73 Å². The van der Waals surface area contributed by atoms with Crippen LogP contribution in [-0.4, -0.2) is 14.3 Å². The average molecular weight is 196 g/mol.